The molecule has 2 amide bonds. The third kappa shape index (κ3) is 4.77. The molecule has 0 radical (unpaired) electrons. The van der Waals surface area contributed by atoms with E-state index in [1.165, 1.54) is 0 Å². The van der Waals surface area contributed by atoms with E-state index in [1.54, 1.807) is 24.1 Å². The number of carbonyl (C=O) groups is 2. The number of methoxy groups -OCH3 is 1. The fourth-order valence-corrected chi connectivity index (χ4v) is 2.24. The van der Waals surface area contributed by atoms with E-state index in [-0.39, 0.29) is 13.4 Å². The summed E-state index contributed by atoms with van der Waals surface area (Å²) >= 11 is 0. The summed E-state index contributed by atoms with van der Waals surface area (Å²) in [6, 6.07) is 7.28. The Hall–Kier alpha value is -2.04. The number of amides is 2. The van der Waals surface area contributed by atoms with E-state index in [0.29, 0.717) is 24.4 Å². The smallest absolute Gasteiger partial charge is 0.255 e. The van der Waals surface area contributed by atoms with Gasteiger partial charge >= 0.3 is 0 Å². The Balaban J connectivity index is 0.00000141. The van der Waals surface area contributed by atoms with Gasteiger partial charge in [0, 0.05) is 20.6 Å². The Morgan fingerprint density at radius 3 is 2.52 bits per heavy atom. The Kier molecular flexibility index (Phi) is 7.29. The zero-order valence-corrected chi connectivity index (χ0v) is 13.0. The van der Waals surface area contributed by atoms with Crippen LogP contribution in [0.15, 0.2) is 24.3 Å². The van der Waals surface area contributed by atoms with Crippen LogP contribution >= 0.6 is 0 Å². The average molecular weight is 294 g/mol. The summed E-state index contributed by atoms with van der Waals surface area (Å²) < 4.78 is 5.17. The standard InChI is InChI=1S/C14H18N2O3.C2H6.H2/c1-19-13-5-3-2-4-12(13)14(18)15-11-6-8-16(10-17)9-7-11;1-2;/h2-5,10-11H,6-9H2,1H3,(H,15,18);1-2H3;1H. The second-order valence-electron chi connectivity index (χ2n) is 4.59. The molecule has 5 nitrogen and oxygen atoms in total. The van der Waals surface area contributed by atoms with E-state index in [1.807, 2.05) is 26.0 Å². The maximum absolute atomic E-state index is 12.2. The van der Waals surface area contributed by atoms with E-state index in [4.69, 9.17) is 4.74 Å². The summed E-state index contributed by atoms with van der Waals surface area (Å²) in [6.45, 7) is 5.39. The molecule has 1 N–H and O–H groups in total. The van der Waals surface area contributed by atoms with Crippen LogP contribution in [-0.2, 0) is 4.79 Å². The molecule has 1 saturated heterocycles. The molecule has 1 heterocycles. The number of nitrogens with zero attached hydrogens (tertiary/aromatic N) is 1. The molecule has 0 atom stereocenters. The molecule has 1 aliphatic rings. The topological polar surface area (TPSA) is 58.6 Å². The number of hydrogen-bond donors (Lipinski definition) is 1. The van der Waals surface area contributed by atoms with Crippen LogP contribution in [0.3, 0.4) is 0 Å². The van der Waals surface area contributed by atoms with Crippen molar-refractivity contribution in [1.29, 1.82) is 0 Å². The zero-order chi connectivity index (χ0) is 15.7. The van der Waals surface area contributed by atoms with E-state index in [0.717, 1.165) is 19.3 Å². The van der Waals surface area contributed by atoms with Crippen LogP contribution in [0.4, 0.5) is 0 Å². The Morgan fingerprint density at radius 1 is 1.33 bits per heavy atom. The highest BCUT2D eigenvalue weighted by Crippen LogP contribution is 2.18. The van der Waals surface area contributed by atoms with Gasteiger partial charge in [0.25, 0.3) is 5.91 Å². The lowest BCUT2D eigenvalue weighted by Crippen LogP contribution is -2.44. The van der Waals surface area contributed by atoms with Gasteiger partial charge in [-0.05, 0) is 25.0 Å². The van der Waals surface area contributed by atoms with Gasteiger partial charge in [-0.25, -0.2) is 0 Å². The molecular formula is C16H26N2O3. The highest BCUT2D eigenvalue weighted by molar-refractivity contribution is 5.97. The van der Waals surface area contributed by atoms with Gasteiger partial charge in [-0.15, -0.1) is 0 Å². The molecule has 0 unspecified atom stereocenters. The quantitative estimate of drug-likeness (QED) is 0.867. The van der Waals surface area contributed by atoms with Crippen LogP contribution in [0.1, 0.15) is 38.5 Å². The van der Waals surface area contributed by atoms with Crippen molar-refractivity contribution in [3.05, 3.63) is 29.8 Å². The van der Waals surface area contributed by atoms with E-state index < -0.39 is 0 Å². The highest BCUT2D eigenvalue weighted by atomic mass is 16.5. The van der Waals surface area contributed by atoms with Crippen molar-refractivity contribution in [2.24, 2.45) is 0 Å². The van der Waals surface area contributed by atoms with Gasteiger partial charge in [-0.3, -0.25) is 9.59 Å². The number of ether oxygens (including phenoxy) is 1. The molecule has 0 aliphatic carbocycles. The Morgan fingerprint density at radius 2 is 1.95 bits per heavy atom. The zero-order valence-electron chi connectivity index (χ0n) is 13.0. The number of carbonyl (C=O) groups excluding carboxylic acids is 2. The number of nitrogens with one attached hydrogen (secondary N) is 1. The lowest BCUT2D eigenvalue weighted by Gasteiger charge is -2.29. The second kappa shape index (κ2) is 9.00. The number of para-hydroxylation sites is 1. The van der Waals surface area contributed by atoms with Gasteiger partial charge in [0.15, 0.2) is 0 Å². The largest absolute Gasteiger partial charge is 0.496 e. The van der Waals surface area contributed by atoms with Crippen LogP contribution < -0.4 is 10.1 Å². The first-order valence-electron chi connectivity index (χ1n) is 7.38. The minimum atomic E-state index is -0.123. The molecule has 1 aromatic carbocycles. The van der Waals surface area contributed by atoms with Crippen LogP contribution in [-0.4, -0.2) is 43.5 Å². The number of hydrogen-bond acceptors (Lipinski definition) is 3. The third-order valence-corrected chi connectivity index (χ3v) is 3.37. The molecule has 0 aromatic heterocycles. The van der Waals surface area contributed by atoms with E-state index >= 15 is 0 Å². The van der Waals surface area contributed by atoms with Gasteiger partial charge < -0.3 is 15.0 Å². The summed E-state index contributed by atoms with van der Waals surface area (Å²) in [5.41, 5.74) is 0.544. The minimum absolute atomic E-state index is 0. The lowest BCUT2D eigenvalue weighted by molar-refractivity contribution is -0.119. The van der Waals surface area contributed by atoms with Gasteiger partial charge in [-0.2, -0.15) is 0 Å². The summed E-state index contributed by atoms with van der Waals surface area (Å²) in [4.78, 5) is 24.5. The minimum Gasteiger partial charge on any atom is -0.496 e. The van der Waals surface area contributed by atoms with Crippen molar-refractivity contribution in [3.63, 3.8) is 0 Å². The predicted molar refractivity (Wildman–Crippen MR) is 84.6 cm³/mol. The molecule has 2 rings (SSSR count). The van der Waals surface area contributed by atoms with Gasteiger partial charge in [0.05, 0.1) is 12.7 Å². The normalized spacial score (nSPS) is 14.7. The molecule has 0 spiro atoms. The number of rotatable bonds is 4. The highest BCUT2D eigenvalue weighted by Gasteiger charge is 2.21. The van der Waals surface area contributed by atoms with Crippen LogP contribution in [0, 0.1) is 0 Å². The molecule has 0 bridgehead atoms. The van der Waals surface area contributed by atoms with Gasteiger partial charge in [-0.1, -0.05) is 26.0 Å². The molecular weight excluding hydrogens is 268 g/mol. The third-order valence-electron chi connectivity index (χ3n) is 3.37. The average Bonchev–Trinajstić information content (AvgIpc) is 2.57. The monoisotopic (exact) mass is 294 g/mol. The molecule has 1 aromatic rings. The first kappa shape index (κ1) is 17.0. The van der Waals surface area contributed by atoms with Crippen molar-refractivity contribution < 1.29 is 15.8 Å². The molecule has 5 heteroatoms. The molecule has 1 fully saturated rings. The summed E-state index contributed by atoms with van der Waals surface area (Å²) in [7, 11) is 1.55. The maximum Gasteiger partial charge on any atom is 0.255 e. The first-order chi connectivity index (χ1) is 10.2. The van der Waals surface area contributed by atoms with Crippen LogP contribution in [0.25, 0.3) is 0 Å². The van der Waals surface area contributed by atoms with Crippen LogP contribution in [0.5, 0.6) is 5.75 Å². The van der Waals surface area contributed by atoms with Gasteiger partial charge in [0.2, 0.25) is 6.41 Å². The maximum atomic E-state index is 12.2. The van der Waals surface area contributed by atoms with Crippen molar-refractivity contribution in [3.8, 4) is 5.75 Å². The second-order valence-corrected chi connectivity index (χ2v) is 4.59. The lowest BCUT2D eigenvalue weighted by atomic mass is 10.0. The van der Waals surface area contributed by atoms with Crippen molar-refractivity contribution in [2.45, 2.75) is 32.7 Å². The first-order valence-corrected chi connectivity index (χ1v) is 7.38. The Bertz CT molecular complexity index is 460. The Labute approximate surface area is 127 Å². The summed E-state index contributed by atoms with van der Waals surface area (Å²) in [5.74, 6) is 0.451. The van der Waals surface area contributed by atoms with Crippen molar-refractivity contribution >= 4 is 12.3 Å². The van der Waals surface area contributed by atoms with Gasteiger partial charge in [0.1, 0.15) is 5.75 Å². The number of piperidine rings is 1. The molecule has 0 saturated carbocycles. The van der Waals surface area contributed by atoms with Crippen LogP contribution in [0.2, 0.25) is 0 Å². The summed E-state index contributed by atoms with van der Waals surface area (Å²) in [5, 5.41) is 2.99. The molecule has 1 aliphatic heterocycles. The van der Waals surface area contributed by atoms with E-state index in [2.05, 4.69) is 5.32 Å². The van der Waals surface area contributed by atoms with E-state index in [9.17, 15) is 9.59 Å². The predicted octanol–water partition coefficient (Wildman–Crippen LogP) is 2.32. The molecule has 118 valence electrons. The number of benzene rings is 1. The molecule has 21 heavy (non-hydrogen) atoms. The SMILES string of the molecule is CC.COc1ccccc1C(=O)NC1CCN(C=O)CC1.[HH]. The fourth-order valence-electron chi connectivity index (χ4n) is 2.24. The number of likely N-dealkylation sites (tertiary alicyclic amines) is 1. The summed E-state index contributed by atoms with van der Waals surface area (Å²) in [6.07, 6.45) is 2.44. The van der Waals surface area contributed by atoms with Crippen molar-refractivity contribution in [2.75, 3.05) is 20.2 Å². The fraction of sp³-hybridized carbons (Fsp3) is 0.500. The van der Waals surface area contributed by atoms with Crippen molar-refractivity contribution in [1.82, 2.24) is 10.2 Å².